The van der Waals surface area contributed by atoms with Crippen LogP contribution >= 0.6 is 0 Å². The van der Waals surface area contributed by atoms with Crippen LogP contribution < -0.4 is 15.8 Å². The number of benzene rings is 2. The third kappa shape index (κ3) is 3.79. The zero-order valence-corrected chi connectivity index (χ0v) is 13.2. The highest BCUT2D eigenvalue weighted by atomic mass is 16.5. The molecule has 0 aliphatic rings. The molecule has 116 valence electrons. The summed E-state index contributed by atoms with van der Waals surface area (Å²) in [5.74, 6) is 0.856. The minimum atomic E-state index is -0.166. The fourth-order valence-corrected chi connectivity index (χ4v) is 2.13. The highest BCUT2D eigenvalue weighted by Gasteiger charge is 2.11. The smallest absolute Gasteiger partial charge is 0.255 e. The number of ether oxygens (including phenoxy) is 1. The summed E-state index contributed by atoms with van der Waals surface area (Å²) in [6, 6.07) is 12.8. The number of carbonyl (C=O) groups excluding carboxylic acids is 1. The van der Waals surface area contributed by atoms with Crippen LogP contribution in [0.1, 0.15) is 42.6 Å². The van der Waals surface area contributed by atoms with Crippen molar-refractivity contribution in [2.75, 3.05) is 17.7 Å². The Morgan fingerprint density at radius 3 is 2.45 bits per heavy atom. The second-order valence-corrected chi connectivity index (χ2v) is 5.42. The van der Waals surface area contributed by atoms with Crippen LogP contribution in [0, 0.1) is 0 Å². The van der Waals surface area contributed by atoms with E-state index >= 15 is 0 Å². The Bertz CT molecular complexity index is 649. The van der Waals surface area contributed by atoms with Gasteiger partial charge >= 0.3 is 0 Å². The van der Waals surface area contributed by atoms with Gasteiger partial charge in [-0.2, -0.15) is 0 Å². The Labute approximate surface area is 131 Å². The molecule has 0 fully saturated rings. The number of amides is 1. The Morgan fingerprint density at radius 1 is 1.18 bits per heavy atom. The lowest BCUT2D eigenvalue weighted by atomic mass is 10.0. The highest BCUT2D eigenvalue weighted by Crippen LogP contribution is 2.27. The fraction of sp³-hybridized carbons (Fsp3) is 0.278. The van der Waals surface area contributed by atoms with E-state index in [0.717, 1.165) is 0 Å². The van der Waals surface area contributed by atoms with Gasteiger partial charge in [0.25, 0.3) is 5.91 Å². The number of nitrogen functional groups attached to an aromatic ring is 1. The molecule has 0 unspecified atom stereocenters. The predicted molar refractivity (Wildman–Crippen MR) is 90.5 cm³/mol. The summed E-state index contributed by atoms with van der Waals surface area (Å²) >= 11 is 0. The van der Waals surface area contributed by atoms with E-state index in [1.807, 2.05) is 31.2 Å². The zero-order valence-electron chi connectivity index (χ0n) is 13.2. The van der Waals surface area contributed by atoms with Gasteiger partial charge in [0.1, 0.15) is 5.75 Å². The zero-order chi connectivity index (χ0) is 16.1. The molecule has 4 nitrogen and oxygen atoms in total. The first-order valence-corrected chi connectivity index (χ1v) is 7.45. The molecule has 2 aromatic carbocycles. The second-order valence-electron chi connectivity index (χ2n) is 5.42. The van der Waals surface area contributed by atoms with Crippen molar-refractivity contribution >= 4 is 17.3 Å². The number of hydrogen-bond acceptors (Lipinski definition) is 3. The molecule has 0 aliphatic carbocycles. The molecular formula is C18H22N2O2. The van der Waals surface area contributed by atoms with Crippen LogP contribution in [0.5, 0.6) is 5.75 Å². The first kappa shape index (κ1) is 15.9. The number of nitrogens with one attached hydrogen (secondary N) is 1. The first-order valence-electron chi connectivity index (χ1n) is 7.45. The molecule has 22 heavy (non-hydrogen) atoms. The third-order valence-corrected chi connectivity index (χ3v) is 3.39. The average molecular weight is 298 g/mol. The van der Waals surface area contributed by atoms with E-state index in [-0.39, 0.29) is 5.91 Å². The molecule has 0 spiro atoms. The minimum absolute atomic E-state index is 0.166. The molecule has 2 aromatic rings. The number of rotatable bonds is 5. The van der Waals surface area contributed by atoms with Gasteiger partial charge in [-0.3, -0.25) is 4.79 Å². The van der Waals surface area contributed by atoms with E-state index in [4.69, 9.17) is 10.5 Å². The lowest BCUT2D eigenvalue weighted by Crippen LogP contribution is -2.13. The summed E-state index contributed by atoms with van der Waals surface area (Å²) in [5.41, 5.74) is 8.79. The minimum Gasteiger partial charge on any atom is -0.492 e. The molecule has 2 rings (SSSR count). The van der Waals surface area contributed by atoms with E-state index in [2.05, 4.69) is 19.2 Å². The SMILES string of the molecule is CCOc1cc(N)ccc1NC(=O)c1ccc(C(C)C)cc1. The highest BCUT2D eigenvalue weighted by molar-refractivity contribution is 6.05. The van der Waals surface area contributed by atoms with Gasteiger partial charge in [-0.15, -0.1) is 0 Å². The third-order valence-electron chi connectivity index (χ3n) is 3.39. The van der Waals surface area contributed by atoms with Crippen molar-refractivity contribution in [1.82, 2.24) is 0 Å². The van der Waals surface area contributed by atoms with Crippen LogP contribution in [0.2, 0.25) is 0 Å². The molecule has 0 radical (unpaired) electrons. The van der Waals surface area contributed by atoms with E-state index in [1.54, 1.807) is 18.2 Å². The summed E-state index contributed by atoms with van der Waals surface area (Å²) in [6.45, 7) is 6.64. The van der Waals surface area contributed by atoms with Crippen LogP contribution in [0.4, 0.5) is 11.4 Å². The Kier molecular flexibility index (Phi) is 5.04. The molecule has 4 heteroatoms. The van der Waals surface area contributed by atoms with Crippen LogP contribution in [0.3, 0.4) is 0 Å². The molecule has 0 saturated carbocycles. The van der Waals surface area contributed by atoms with E-state index in [0.29, 0.717) is 35.2 Å². The van der Waals surface area contributed by atoms with E-state index in [1.165, 1.54) is 5.56 Å². The predicted octanol–water partition coefficient (Wildman–Crippen LogP) is 4.04. The first-order chi connectivity index (χ1) is 10.5. The second kappa shape index (κ2) is 6.98. The molecule has 0 heterocycles. The van der Waals surface area contributed by atoms with Crippen molar-refractivity contribution in [2.45, 2.75) is 26.7 Å². The molecule has 0 saturated heterocycles. The van der Waals surface area contributed by atoms with Gasteiger partial charge in [0.2, 0.25) is 0 Å². The number of nitrogens with two attached hydrogens (primary N) is 1. The van der Waals surface area contributed by atoms with Crippen molar-refractivity contribution in [3.05, 3.63) is 53.6 Å². The number of hydrogen-bond donors (Lipinski definition) is 2. The van der Waals surface area contributed by atoms with Crippen LogP contribution in [-0.2, 0) is 0 Å². The van der Waals surface area contributed by atoms with Gasteiger partial charge in [-0.1, -0.05) is 26.0 Å². The topological polar surface area (TPSA) is 64.3 Å². The van der Waals surface area contributed by atoms with Crippen LogP contribution in [0.15, 0.2) is 42.5 Å². The fourth-order valence-electron chi connectivity index (χ4n) is 2.13. The molecule has 1 amide bonds. The van der Waals surface area contributed by atoms with Crippen molar-refractivity contribution in [2.24, 2.45) is 0 Å². The molecular weight excluding hydrogens is 276 g/mol. The Morgan fingerprint density at radius 2 is 1.86 bits per heavy atom. The summed E-state index contributed by atoms with van der Waals surface area (Å²) < 4.78 is 5.51. The van der Waals surface area contributed by atoms with Crippen LogP contribution in [-0.4, -0.2) is 12.5 Å². The molecule has 0 aliphatic heterocycles. The lowest BCUT2D eigenvalue weighted by molar-refractivity contribution is 0.102. The van der Waals surface area contributed by atoms with Gasteiger partial charge in [0.05, 0.1) is 12.3 Å². The maximum atomic E-state index is 12.3. The summed E-state index contributed by atoms with van der Waals surface area (Å²) in [5, 5.41) is 2.87. The number of anilines is 2. The van der Waals surface area contributed by atoms with Gasteiger partial charge < -0.3 is 15.8 Å². The van der Waals surface area contributed by atoms with Gasteiger partial charge in [0, 0.05) is 17.3 Å². The van der Waals surface area contributed by atoms with E-state index in [9.17, 15) is 4.79 Å². The molecule has 0 aromatic heterocycles. The van der Waals surface area contributed by atoms with Crippen molar-refractivity contribution < 1.29 is 9.53 Å². The number of carbonyl (C=O) groups is 1. The Hall–Kier alpha value is -2.49. The quantitative estimate of drug-likeness (QED) is 0.819. The van der Waals surface area contributed by atoms with Gasteiger partial charge in [-0.05, 0) is 42.7 Å². The molecule has 0 atom stereocenters. The van der Waals surface area contributed by atoms with Gasteiger partial charge in [0.15, 0.2) is 0 Å². The van der Waals surface area contributed by atoms with Crippen molar-refractivity contribution in [3.8, 4) is 5.75 Å². The molecule has 3 N–H and O–H groups in total. The van der Waals surface area contributed by atoms with Crippen LogP contribution in [0.25, 0.3) is 0 Å². The Balaban J connectivity index is 2.18. The lowest BCUT2D eigenvalue weighted by Gasteiger charge is -2.12. The largest absolute Gasteiger partial charge is 0.492 e. The normalized spacial score (nSPS) is 10.5. The standard InChI is InChI=1S/C18H22N2O2/c1-4-22-17-11-15(19)9-10-16(17)20-18(21)14-7-5-13(6-8-14)12(2)3/h5-12H,4,19H2,1-3H3,(H,20,21). The maximum absolute atomic E-state index is 12.3. The monoisotopic (exact) mass is 298 g/mol. The van der Waals surface area contributed by atoms with E-state index < -0.39 is 0 Å². The van der Waals surface area contributed by atoms with Crippen molar-refractivity contribution in [3.63, 3.8) is 0 Å². The van der Waals surface area contributed by atoms with Gasteiger partial charge in [-0.25, -0.2) is 0 Å². The summed E-state index contributed by atoms with van der Waals surface area (Å²) in [7, 11) is 0. The maximum Gasteiger partial charge on any atom is 0.255 e. The summed E-state index contributed by atoms with van der Waals surface area (Å²) in [4.78, 5) is 12.3. The average Bonchev–Trinajstić information content (AvgIpc) is 2.50. The summed E-state index contributed by atoms with van der Waals surface area (Å²) in [6.07, 6.45) is 0. The van der Waals surface area contributed by atoms with Crippen molar-refractivity contribution in [1.29, 1.82) is 0 Å². The molecule has 0 bridgehead atoms.